The number of rotatable bonds is 1. The number of aryl methyl sites for hydroxylation is 1. The van der Waals surface area contributed by atoms with Crippen molar-refractivity contribution >= 4 is 11.8 Å². The maximum absolute atomic E-state index is 12.5. The summed E-state index contributed by atoms with van der Waals surface area (Å²) in [5.41, 5.74) is -2.83. The molecule has 1 aromatic carbocycles. The summed E-state index contributed by atoms with van der Waals surface area (Å²) in [4.78, 5) is 0.200. The lowest BCUT2D eigenvalue weighted by molar-refractivity contribution is -0.0328. The van der Waals surface area contributed by atoms with E-state index in [1.54, 1.807) is 12.1 Å². The van der Waals surface area contributed by atoms with Gasteiger partial charge in [-0.15, -0.1) is 0 Å². The molecule has 1 aliphatic carbocycles. The summed E-state index contributed by atoms with van der Waals surface area (Å²) in [7, 11) is 0. The highest BCUT2D eigenvalue weighted by atomic mass is 32.2. The predicted molar refractivity (Wildman–Crippen MR) is 76.5 cm³/mol. The molecule has 1 fully saturated rings. The van der Waals surface area contributed by atoms with Gasteiger partial charge in [-0.2, -0.15) is 13.2 Å². The van der Waals surface area contributed by atoms with E-state index in [1.165, 1.54) is 25.3 Å². The van der Waals surface area contributed by atoms with Crippen molar-refractivity contribution in [2.75, 3.05) is 0 Å². The van der Waals surface area contributed by atoms with Gasteiger partial charge in [-0.05, 0) is 49.2 Å². The van der Waals surface area contributed by atoms with Crippen LogP contribution < -0.4 is 0 Å². The first-order valence-corrected chi connectivity index (χ1v) is 7.63. The summed E-state index contributed by atoms with van der Waals surface area (Å²) in [6.45, 7) is 1.87. The third kappa shape index (κ3) is 4.79. The van der Waals surface area contributed by atoms with Crippen LogP contribution in [-0.2, 0) is 0 Å². The van der Waals surface area contributed by atoms with Crippen LogP contribution in [-0.4, -0.2) is 5.51 Å². The number of benzene rings is 1. The first-order chi connectivity index (χ1) is 9.44. The molecule has 0 spiro atoms. The Morgan fingerprint density at radius 3 is 2.50 bits per heavy atom. The van der Waals surface area contributed by atoms with Gasteiger partial charge in [0.05, 0.1) is 0 Å². The monoisotopic (exact) mass is 298 g/mol. The van der Waals surface area contributed by atoms with Crippen LogP contribution in [0.3, 0.4) is 0 Å². The molecule has 4 heteroatoms. The molecule has 0 unspecified atom stereocenters. The van der Waals surface area contributed by atoms with E-state index in [2.05, 4.69) is 11.8 Å². The van der Waals surface area contributed by atoms with Crippen LogP contribution in [0.5, 0.6) is 0 Å². The van der Waals surface area contributed by atoms with E-state index in [0.29, 0.717) is 11.5 Å². The Balaban J connectivity index is 2.20. The lowest BCUT2D eigenvalue weighted by atomic mass is 9.89. The molecule has 0 amide bonds. The normalized spacial score (nSPS) is 16.6. The Morgan fingerprint density at radius 1 is 1.15 bits per heavy atom. The smallest absolute Gasteiger partial charge is 0.160 e. The van der Waals surface area contributed by atoms with Gasteiger partial charge in [-0.3, -0.25) is 0 Å². The lowest BCUT2D eigenvalue weighted by Gasteiger charge is -2.15. The van der Waals surface area contributed by atoms with Gasteiger partial charge in [-0.1, -0.05) is 37.2 Å². The Kier molecular flexibility index (Phi) is 5.04. The highest BCUT2D eigenvalue weighted by molar-refractivity contribution is 8.00. The lowest BCUT2D eigenvalue weighted by Crippen LogP contribution is -2.03. The van der Waals surface area contributed by atoms with Crippen molar-refractivity contribution in [2.45, 2.75) is 49.4 Å². The fourth-order valence-corrected chi connectivity index (χ4v) is 2.99. The van der Waals surface area contributed by atoms with Crippen molar-refractivity contribution in [3.8, 4) is 11.8 Å². The van der Waals surface area contributed by atoms with Gasteiger partial charge in [0, 0.05) is 16.4 Å². The van der Waals surface area contributed by atoms with Crippen LogP contribution in [0.1, 0.15) is 43.2 Å². The zero-order valence-electron chi connectivity index (χ0n) is 11.4. The molecule has 1 saturated carbocycles. The molecule has 0 aliphatic heterocycles. The second-order valence-corrected chi connectivity index (χ2v) is 6.26. The van der Waals surface area contributed by atoms with Gasteiger partial charge >= 0.3 is 5.51 Å². The van der Waals surface area contributed by atoms with Crippen LogP contribution in [0, 0.1) is 24.7 Å². The minimum atomic E-state index is -4.27. The van der Waals surface area contributed by atoms with Crippen LogP contribution in [0.4, 0.5) is 13.2 Å². The SMILES string of the molecule is Cc1ccc(SC(F)(F)F)c(C#CC2CCCCC2)c1. The number of thioether (sulfide) groups is 1. The van der Waals surface area contributed by atoms with Crippen molar-refractivity contribution in [1.29, 1.82) is 0 Å². The molecule has 0 nitrogen and oxygen atoms in total. The summed E-state index contributed by atoms with van der Waals surface area (Å²) < 4.78 is 37.6. The molecule has 108 valence electrons. The van der Waals surface area contributed by atoms with E-state index in [-0.39, 0.29) is 16.7 Å². The minimum absolute atomic E-state index is 0.0798. The first-order valence-electron chi connectivity index (χ1n) is 6.82. The van der Waals surface area contributed by atoms with Crippen molar-refractivity contribution in [3.63, 3.8) is 0 Å². The Hall–Kier alpha value is -1.08. The van der Waals surface area contributed by atoms with Gasteiger partial charge in [0.2, 0.25) is 0 Å². The highest BCUT2D eigenvalue weighted by Gasteiger charge is 2.30. The summed E-state index contributed by atoms with van der Waals surface area (Å²) in [6.07, 6.45) is 5.74. The molecule has 2 rings (SSSR count). The van der Waals surface area contributed by atoms with E-state index in [0.717, 1.165) is 18.4 Å². The summed E-state index contributed by atoms with van der Waals surface area (Å²) in [5, 5.41) is 0. The van der Waals surface area contributed by atoms with Gasteiger partial charge in [0.1, 0.15) is 0 Å². The molecular weight excluding hydrogens is 281 g/mol. The van der Waals surface area contributed by atoms with Gasteiger partial charge in [0.15, 0.2) is 0 Å². The standard InChI is InChI=1S/C16H17F3S/c1-12-7-10-15(20-16(17,18)19)14(11-12)9-8-13-5-3-2-4-6-13/h7,10-11,13H,2-6H2,1H3. The Labute approximate surface area is 122 Å². The highest BCUT2D eigenvalue weighted by Crippen LogP contribution is 2.38. The van der Waals surface area contributed by atoms with Crippen molar-refractivity contribution < 1.29 is 13.2 Å². The second kappa shape index (κ2) is 6.58. The number of hydrogen-bond acceptors (Lipinski definition) is 1. The molecule has 0 heterocycles. The van der Waals surface area contributed by atoms with E-state index >= 15 is 0 Å². The number of alkyl halides is 3. The molecule has 0 bridgehead atoms. The van der Waals surface area contributed by atoms with Crippen LogP contribution in [0.15, 0.2) is 23.1 Å². The largest absolute Gasteiger partial charge is 0.446 e. The average Bonchev–Trinajstić information content (AvgIpc) is 2.39. The van der Waals surface area contributed by atoms with E-state index in [4.69, 9.17) is 0 Å². The first kappa shape index (κ1) is 15.3. The zero-order chi connectivity index (χ0) is 14.6. The van der Waals surface area contributed by atoms with Gasteiger partial charge in [-0.25, -0.2) is 0 Å². The molecule has 0 saturated heterocycles. The predicted octanol–water partition coefficient (Wildman–Crippen LogP) is 5.54. The number of hydrogen-bond donors (Lipinski definition) is 0. The zero-order valence-corrected chi connectivity index (χ0v) is 12.2. The molecule has 20 heavy (non-hydrogen) atoms. The number of halogens is 3. The fraction of sp³-hybridized carbons (Fsp3) is 0.500. The van der Waals surface area contributed by atoms with Crippen LogP contribution >= 0.6 is 11.8 Å². The Morgan fingerprint density at radius 2 is 1.85 bits per heavy atom. The van der Waals surface area contributed by atoms with E-state index in [1.807, 2.05) is 6.92 Å². The summed E-state index contributed by atoms with van der Waals surface area (Å²) in [6, 6.07) is 4.95. The molecule has 1 aromatic rings. The summed E-state index contributed by atoms with van der Waals surface area (Å²) in [5.74, 6) is 6.48. The third-order valence-electron chi connectivity index (χ3n) is 3.38. The van der Waals surface area contributed by atoms with E-state index in [9.17, 15) is 13.2 Å². The molecular formula is C16H17F3S. The topological polar surface area (TPSA) is 0 Å². The van der Waals surface area contributed by atoms with Crippen molar-refractivity contribution in [3.05, 3.63) is 29.3 Å². The van der Waals surface area contributed by atoms with E-state index < -0.39 is 5.51 Å². The minimum Gasteiger partial charge on any atom is -0.160 e. The molecule has 0 radical (unpaired) electrons. The summed E-state index contributed by atoms with van der Waals surface area (Å²) >= 11 is -0.0798. The van der Waals surface area contributed by atoms with Crippen LogP contribution in [0.2, 0.25) is 0 Å². The molecule has 1 aliphatic rings. The quantitative estimate of drug-likeness (QED) is 0.484. The second-order valence-electron chi connectivity index (χ2n) is 5.15. The van der Waals surface area contributed by atoms with Crippen molar-refractivity contribution in [2.24, 2.45) is 5.92 Å². The molecule has 0 aromatic heterocycles. The maximum Gasteiger partial charge on any atom is 0.446 e. The molecule has 0 atom stereocenters. The Bertz CT molecular complexity index is 517. The molecule has 0 N–H and O–H groups in total. The van der Waals surface area contributed by atoms with Crippen molar-refractivity contribution in [1.82, 2.24) is 0 Å². The maximum atomic E-state index is 12.5. The van der Waals surface area contributed by atoms with Gasteiger partial charge < -0.3 is 0 Å². The fourth-order valence-electron chi connectivity index (χ4n) is 2.38. The van der Waals surface area contributed by atoms with Gasteiger partial charge in [0.25, 0.3) is 0 Å². The average molecular weight is 298 g/mol. The third-order valence-corrected chi connectivity index (χ3v) is 4.18. The van der Waals surface area contributed by atoms with Crippen LogP contribution in [0.25, 0.3) is 0 Å².